The zero-order chi connectivity index (χ0) is 13.5. The SMILES string of the molecule is CCCCCCOC(=O)c1cc(Cl)c(N)c(Cl)c1. The number of nitrogens with two attached hydrogens (primary N) is 1. The Morgan fingerprint density at radius 3 is 2.39 bits per heavy atom. The van der Waals surface area contributed by atoms with Crippen molar-refractivity contribution < 1.29 is 9.53 Å². The molecule has 3 nitrogen and oxygen atoms in total. The number of benzene rings is 1. The minimum Gasteiger partial charge on any atom is -0.462 e. The molecule has 0 unspecified atom stereocenters. The Bertz CT molecular complexity index is 398. The Labute approximate surface area is 117 Å². The third-order valence-electron chi connectivity index (χ3n) is 2.55. The molecular formula is C13H17Cl2NO2. The van der Waals surface area contributed by atoms with E-state index in [2.05, 4.69) is 6.92 Å². The zero-order valence-corrected chi connectivity index (χ0v) is 11.9. The lowest BCUT2D eigenvalue weighted by Gasteiger charge is -2.07. The molecule has 0 amide bonds. The summed E-state index contributed by atoms with van der Waals surface area (Å²) in [6.07, 6.45) is 4.23. The summed E-state index contributed by atoms with van der Waals surface area (Å²) in [5.41, 5.74) is 6.19. The molecule has 0 saturated heterocycles. The summed E-state index contributed by atoms with van der Waals surface area (Å²) < 4.78 is 5.13. The number of hydrogen-bond donors (Lipinski definition) is 1. The molecule has 0 aliphatic carbocycles. The number of carbonyl (C=O) groups is 1. The average molecular weight is 290 g/mol. The average Bonchev–Trinajstić information content (AvgIpc) is 2.34. The summed E-state index contributed by atoms with van der Waals surface area (Å²) in [6.45, 7) is 2.54. The highest BCUT2D eigenvalue weighted by Gasteiger charge is 2.12. The Kier molecular flexibility index (Phi) is 6.30. The summed E-state index contributed by atoms with van der Waals surface area (Å²) in [5.74, 6) is -0.421. The molecule has 0 fully saturated rings. The topological polar surface area (TPSA) is 52.3 Å². The van der Waals surface area contributed by atoms with Gasteiger partial charge in [-0.15, -0.1) is 0 Å². The Morgan fingerprint density at radius 2 is 1.83 bits per heavy atom. The first kappa shape index (κ1) is 15.1. The van der Waals surface area contributed by atoms with E-state index < -0.39 is 5.97 Å². The fourth-order valence-electron chi connectivity index (χ4n) is 1.48. The van der Waals surface area contributed by atoms with Gasteiger partial charge in [0, 0.05) is 0 Å². The Morgan fingerprint density at radius 1 is 1.22 bits per heavy atom. The number of rotatable bonds is 6. The van der Waals surface area contributed by atoms with Gasteiger partial charge in [0.15, 0.2) is 0 Å². The van der Waals surface area contributed by atoms with Crippen LogP contribution in [0.2, 0.25) is 10.0 Å². The number of unbranched alkanes of at least 4 members (excludes halogenated alkanes) is 3. The molecule has 1 aromatic rings. The van der Waals surface area contributed by atoms with Crippen LogP contribution in [0.4, 0.5) is 5.69 Å². The van der Waals surface area contributed by atoms with Crippen LogP contribution in [0.25, 0.3) is 0 Å². The van der Waals surface area contributed by atoms with Crippen LogP contribution in [-0.4, -0.2) is 12.6 Å². The number of carbonyl (C=O) groups excluding carboxylic acids is 1. The summed E-state index contributed by atoms with van der Waals surface area (Å²) in [4.78, 5) is 11.7. The lowest BCUT2D eigenvalue weighted by Crippen LogP contribution is -2.07. The third kappa shape index (κ3) is 4.39. The molecule has 0 saturated carbocycles. The molecule has 2 N–H and O–H groups in total. The van der Waals surface area contributed by atoms with E-state index in [1.165, 1.54) is 12.1 Å². The van der Waals surface area contributed by atoms with Crippen molar-refractivity contribution in [1.29, 1.82) is 0 Å². The molecule has 0 spiro atoms. The Balaban J connectivity index is 2.52. The highest BCUT2D eigenvalue weighted by atomic mass is 35.5. The maximum atomic E-state index is 11.7. The molecule has 0 heterocycles. The van der Waals surface area contributed by atoms with E-state index in [9.17, 15) is 4.79 Å². The van der Waals surface area contributed by atoms with E-state index >= 15 is 0 Å². The first-order chi connectivity index (χ1) is 8.56. The molecule has 1 aromatic carbocycles. The zero-order valence-electron chi connectivity index (χ0n) is 10.3. The second-order valence-corrected chi connectivity index (χ2v) is 4.86. The molecule has 0 aliphatic heterocycles. The van der Waals surface area contributed by atoms with Crippen molar-refractivity contribution in [3.63, 3.8) is 0 Å². The number of hydrogen-bond acceptors (Lipinski definition) is 3. The largest absolute Gasteiger partial charge is 0.462 e. The van der Waals surface area contributed by atoms with Crippen LogP contribution in [-0.2, 0) is 4.74 Å². The van der Waals surface area contributed by atoms with E-state index in [0.29, 0.717) is 12.2 Å². The van der Waals surface area contributed by atoms with Crippen molar-refractivity contribution in [1.82, 2.24) is 0 Å². The van der Waals surface area contributed by atoms with Gasteiger partial charge in [0.05, 0.1) is 27.9 Å². The standard InChI is InChI=1S/C13H17Cl2NO2/c1-2-3-4-5-6-18-13(17)9-7-10(14)12(16)11(15)8-9/h7-8H,2-6,16H2,1H3. The minimum atomic E-state index is -0.421. The summed E-state index contributed by atoms with van der Waals surface area (Å²) >= 11 is 11.7. The molecule has 18 heavy (non-hydrogen) atoms. The van der Waals surface area contributed by atoms with Gasteiger partial charge in [-0.05, 0) is 18.6 Å². The molecule has 0 bridgehead atoms. The molecule has 100 valence electrons. The van der Waals surface area contributed by atoms with Gasteiger partial charge >= 0.3 is 5.97 Å². The van der Waals surface area contributed by atoms with Crippen molar-refractivity contribution >= 4 is 34.9 Å². The summed E-state index contributed by atoms with van der Waals surface area (Å²) in [7, 11) is 0. The highest BCUT2D eigenvalue weighted by Crippen LogP contribution is 2.29. The van der Waals surface area contributed by atoms with E-state index in [1.807, 2.05) is 0 Å². The maximum absolute atomic E-state index is 11.7. The first-order valence-corrected chi connectivity index (χ1v) is 6.73. The smallest absolute Gasteiger partial charge is 0.338 e. The molecule has 0 aliphatic rings. The lowest BCUT2D eigenvalue weighted by atomic mass is 10.2. The second kappa shape index (κ2) is 7.49. The quantitative estimate of drug-likeness (QED) is 0.482. The van der Waals surface area contributed by atoms with E-state index in [0.717, 1.165) is 25.7 Å². The van der Waals surface area contributed by atoms with Crippen molar-refractivity contribution in [3.05, 3.63) is 27.7 Å². The van der Waals surface area contributed by atoms with Gasteiger partial charge in [-0.1, -0.05) is 49.4 Å². The highest BCUT2D eigenvalue weighted by molar-refractivity contribution is 6.39. The molecular weight excluding hydrogens is 273 g/mol. The maximum Gasteiger partial charge on any atom is 0.338 e. The van der Waals surface area contributed by atoms with Crippen LogP contribution in [0.3, 0.4) is 0 Å². The molecule has 0 atom stereocenters. The lowest BCUT2D eigenvalue weighted by molar-refractivity contribution is 0.0498. The van der Waals surface area contributed by atoms with Crippen LogP contribution in [0.1, 0.15) is 43.0 Å². The number of ether oxygens (including phenoxy) is 1. The Hall–Kier alpha value is -0.930. The van der Waals surface area contributed by atoms with Crippen LogP contribution in [0.15, 0.2) is 12.1 Å². The van der Waals surface area contributed by atoms with Gasteiger partial charge in [-0.3, -0.25) is 0 Å². The molecule has 0 radical (unpaired) electrons. The van der Waals surface area contributed by atoms with Gasteiger partial charge < -0.3 is 10.5 Å². The van der Waals surface area contributed by atoms with Crippen molar-refractivity contribution in [2.24, 2.45) is 0 Å². The molecule has 0 aromatic heterocycles. The predicted octanol–water partition coefficient (Wildman–Crippen LogP) is 4.31. The predicted molar refractivity (Wildman–Crippen MR) is 75.3 cm³/mol. The van der Waals surface area contributed by atoms with Crippen molar-refractivity contribution in [3.8, 4) is 0 Å². The number of nitrogen functional groups attached to an aromatic ring is 1. The summed E-state index contributed by atoms with van der Waals surface area (Å²) in [5, 5.41) is 0.529. The second-order valence-electron chi connectivity index (χ2n) is 4.05. The van der Waals surface area contributed by atoms with Gasteiger partial charge in [-0.25, -0.2) is 4.79 Å². The van der Waals surface area contributed by atoms with E-state index in [1.54, 1.807) is 0 Å². The number of esters is 1. The minimum absolute atomic E-state index is 0.264. The van der Waals surface area contributed by atoms with Crippen LogP contribution < -0.4 is 5.73 Å². The summed E-state index contributed by atoms with van der Waals surface area (Å²) in [6, 6.07) is 2.94. The third-order valence-corrected chi connectivity index (χ3v) is 3.17. The van der Waals surface area contributed by atoms with Gasteiger partial charge in [0.25, 0.3) is 0 Å². The number of halogens is 2. The normalized spacial score (nSPS) is 10.4. The van der Waals surface area contributed by atoms with Gasteiger partial charge in [0.2, 0.25) is 0 Å². The van der Waals surface area contributed by atoms with E-state index in [-0.39, 0.29) is 15.7 Å². The molecule has 1 rings (SSSR count). The van der Waals surface area contributed by atoms with Gasteiger partial charge in [0.1, 0.15) is 0 Å². The van der Waals surface area contributed by atoms with Crippen LogP contribution >= 0.6 is 23.2 Å². The van der Waals surface area contributed by atoms with Crippen LogP contribution in [0.5, 0.6) is 0 Å². The fraction of sp³-hybridized carbons (Fsp3) is 0.462. The van der Waals surface area contributed by atoms with Crippen molar-refractivity contribution in [2.45, 2.75) is 32.6 Å². The monoisotopic (exact) mass is 289 g/mol. The first-order valence-electron chi connectivity index (χ1n) is 5.98. The molecule has 5 heteroatoms. The van der Waals surface area contributed by atoms with Crippen LogP contribution in [0, 0.1) is 0 Å². The van der Waals surface area contributed by atoms with E-state index in [4.69, 9.17) is 33.7 Å². The fourth-order valence-corrected chi connectivity index (χ4v) is 1.97. The van der Waals surface area contributed by atoms with Gasteiger partial charge in [-0.2, -0.15) is 0 Å². The number of anilines is 1. The van der Waals surface area contributed by atoms with Crippen molar-refractivity contribution in [2.75, 3.05) is 12.3 Å².